The maximum absolute atomic E-state index is 12.6. The van der Waals surface area contributed by atoms with E-state index in [1.807, 2.05) is 18.2 Å². The molecule has 212 valence electrons. The number of alkyl halides is 3. The molecule has 0 unspecified atom stereocenters. The van der Waals surface area contributed by atoms with Crippen LogP contribution in [0.25, 0.3) is 0 Å². The molecule has 2 aliphatic rings. The Morgan fingerprint density at radius 2 is 1.87 bits per heavy atom. The Morgan fingerprint density at radius 3 is 2.54 bits per heavy atom. The molecule has 2 aromatic rings. The van der Waals surface area contributed by atoms with Crippen molar-refractivity contribution >= 4 is 29.2 Å². The quantitative estimate of drug-likeness (QED) is 0.366. The van der Waals surface area contributed by atoms with Crippen LogP contribution in [-0.2, 0) is 16.0 Å². The van der Waals surface area contributed by atoms with Gasteiger partial charge in [0.2, 0.25) is 5.91 Å². The molecular weight excluding hydrogens is 541 g/mol. The zero-order chi connectivity index (χ0) is 28.4. The third-order valence-electron chi connectivity index (χ3n) is 6.77. The van der Waals surface area contributed by atoms with E-state index < -0.39 is 29.4 Å². The summed E-state index contributed by atoms with van der Waals surface area (Å²) in [4.78, 5) is 24.9. The summed E-state index contributed by atoms with van der Waals surface area (Å²) in [5.41, 5.74) is -0.346. The second kappa shape index (κ2) is 11.2. The van der Waals surface area contributed by atoms with E-state index in [2.05, 4.69) is 15.0 Å². The van der Waals surface area contributed by atoms with E-state index in [0.717, 1.165) is 49.1 Å². The monoisotopic (exact) mass is 570 g/mol. The van der Waals surface area contributed by atoms with Crippen LogP contribution in [0.15, 0.2) is 36.4 Å². The van der Waals surface area contributed by atoms with Crippen LogP contribution in [0.5, 0.6) is 17.2 Å². The van der Waals surface area contributed by atoms with Crippen LogP contribution < -0.4 is 19.5 Å². The van der Waals surface area contributed by atoms with E-state index in [1.165, 1.54) is 13.0 Å². The highest BCUT2D eigenvalue weighted by molar-refractivity contribution is 6.30. The first-order valence-electron chi connectivity index (χ1n) is 12.5. The van der Waals surface area contributed by atoms with Crippen LogP contribution >= 0.6 is 11.6 Å². The molecule has 0 aliphatic carbocycles. The number of benzene rings is 2. The highest BCUT2D eigenvalue weighted by atomic mass is 35.5. The van der Waals surface area contributed by atoms with Crippen molar-refractivity contribution in [3.8, 4) is 17.2 Å². The minimum Gasteiger partial charge on any atom is -0.488 e. The van der Waals surface area contributed by atoms with E-state index in [9.17, 15) is 27.9 Å². The third kappa shape index (κ3) is 7.55. The average Bonchev–Trinajstić information content (AvgIpc) is 2.85. The number of aliphatic hydroxyl groups is 1. The SMILES string of the molecule is CC(=O)Nc1ccc(OC(=O)C(F)(F)F)cc1OC[C@@](C)(O)CN1CCC2(CCc3cc(Cl)ccc3O2)CC1. The van der Waals surface area contributed by atoms with E-state index >= 15 is 0 Å². The molecule has 1 fully saturated rings. The molecule has 4 rings (SSSR count). The number of nitrogens with zero attached hydrogens (tertiary/aromatic N) is 1. The molecule has 2 heterocycles. The molecule has 2 N–H and O–H groups in total. The van der Waals surface area contributed by atoms with Gasteiger partial charge in [0.05, 0.1) is 5.69 Å². The molecular formula is C27H30ClF3N2O6. The number of piperidine rings is 1. The lowest BCUT2D eigenvalue weighted by Crippen LogP contribution is -2.53. The van der Waals surface area contributed by atoms with Crippen molar-refractivity contribution in [2.75, 3.05) is 31.6 Å². The number of likely N-dealkylation sites (tertiary alicyclic amines) is 1. The summed E-state index contributed by atoms with van der Waals surface area (Å²) in [5.74, 6) is -2.43. The van der Waals surface area contributed by atoms with Crippen LogP contribution in [-0.4, -0.2) is 65.5 Å². The number of hydrogen-bond acceptors (Lipinski definition) is 7. The molecule has 0 saturated carbocycles. The maximum Gasteiger partial charge on any atom is 0.491 e. The number of rotatable bonds is 7. The Hall–Kier alpha value is -3.02. The fourth-order valence-corrected chi connectivity index (χ4v) is 5.06. The minimum atomic E-state index is -5.17. The van der Waals surface area contributed by atoms with Crippen molar-refractivity contribution < 1.29 is 42.1 Å². The fourth-order valence-electron chi connectivity index (χ4n) is 4.86. The standard InChI is InChI=1S/C27H30ClF3N2O6/c1-17(34)32-21-5-4-20(38-24(35)27(29,30)31)14-23(21)37-16-25(2,36)15-33-11-9-26(10-12-33)8-7-18-13-19(28)3-6-22(18)39-26/h3-6,13-14,36H,7-12,15-16H2,1-2H3,(H,32,34)/t25-/m0/s1. The summed E-state index contributed by atoms with van der Waals surface area (Å²) >= 11 is 6.10. The van der Waals surface area contributed by atoms with E-state index in [4.69, 9.17) is 21.1 Å². The highest BCUT2D eigenvalue weighted by Gasteiger charge is 2.42. The molecule has 12 heteroatoms. The zero-order valence-corrected chi connectivity index (χ0v) is 22.3. The smallest absolute Gasteiger partial charge is 0.488 e. The van der Waals surface area contributed by atoms with Crippen molar-refractivity contribution in [2.45, 2.75) is 56.9 Å². The molecule has 2 aliphatic heterocycles. The van der Waals surface area contributed by atoms with Crippen LogP contribution in [0.3, 0.4) is 0 Å². The number of halogens is 4. The summed E-state index contributed by atoms with van der Waals surface area (Å²) in [7, 11) is 0. The average molecular weight is 571 g/mol. The third-order valence-corrected chi connectivity index (χ3v) is 7.01. The van der Waals surface area contributed by atoms with Gasteiger partial charge in [-0.25, -0.2) is 4.79 Å². The van der Waals surface area contributed by atoms with Crippen molar-refractivity contribution in [3.05, 3.63) is 47.0 Å². The van der Waals surface area contributed by atoms with Gasteiger partial charge in [-0.2, -0.15) is 13.2 Å². The number of amides is 1. The lowest BCUT2D eigenvalue weighted by Gasteiger charge is -2.45. The van der Waals surface area contributed by atoms with Gasteiger partial charge in [0.1, 0.15) is 35.1 Å². The highest BCUT2D eigenvalue weighted by Crippen LogP contribution is 2.40. The van der Waals surface area contributed by atoms with Crippen LogP contribution in [0.1, 0.15) is 38.7 Å². The van der Waals surface area contributed by atoms with Gasteiger partial charge in [-0.3, -0.25) is 4.79 Å². The van der Waals surface area contributed by atoms with Crippen molar-refractivity contribution in [2.24, 2.45) is 0 Å². The number of anilines is 1. The molecule has 39 heavy (non-hydrogen) atoms. The Morgan fingerprint density at radius 1 is 1.15 bits per heavy atom. The lowest BCUT2D eigenvalue weighted by atomic mass is 9.83. The summed E-state index contributed by atoms with van der Waals surface area (Å²) in [6, 6.07) is 9.07. The van der Waals surface area contributed by atoms with Gasteiger partial charge < -0.3 is 29.5 Å². The summed E-state index contributed by atoms with van der Waals surface area (Å²) in [6.07, 6.45) is -1.84. The topological polar surface area (TPSA) is 97.3 Å². The second-order valence-corrected chi connectivity index (χ2v) is 10.8. The van der Waals surface area contributed by atoms with Gasteiger partial charge in [-0.1, -0.05) is 11.6 Å². The van der Waals surface area contributed by atoms with Crippen LogP contribution in [0.4, 0.5) is 18.9 Å². The number of aryl methyl sites for hydroxylation is 1. The number of β-amino-alcohol motifs (C(OH)–C–C–N with tert-alkyl or cyclic N) is 1. The molecule has 1 saturated heterocycles. The number of carbonyl (C=O) groups excluding carboxylic acids is 2. The van der Waals surface area contributed by atoms with Crippen LogP contribution in [0.2, 0.25) is 5.02 Å². The molecule has 8 nitrogen and oxygen atoms in total. The van der Waals surface area contributed by atoms with Gasteiger partial charge in [0.15, 0.2) is 0 Å². The van der Waals surface area contributed by atoms with Gasteiger partial charge in [0, 0.05) is 37.6 Å². The molecule has 0 aromatic heterocycles. The second-order valence-electron chi connectivity index (χ2n) is 10.3. The van der Waals surface area contributed by atoms with Crippen molar-refractivity contribution in [1.29, 1.82) is 0 Å². The maximum atomic E-state index is 12.6. The number of esters is 1. The van der Waals surface area contributed by atoms with E-state index in [0.29, 0.717) is 18.1 Å². The molecule has 1 spiro atoms. The number of carbonyl (C=O) groups is 2. The van der Waals surface area contributed by atoms with Gasteiger partial charge in [-0.15, -0.1) is 0 Å². The Labute approximate surface area is 229 Å². The summed E-state index contributed by atoms with van der Waals surface area (Å²) in [5, 5.41) is 14.2. The van der Waals surface area contributed by atoms with Gasteiger partial charge in [-0.05, 0) is 68.5 Å². The predicted molar refractivity (Wildman–Crippen MR) is 137 cm³/mol. The number of hydrogen-bond donors (Lipinski definition) is 2. The fraction of sp³-hybridized carbons (Fsp3) is 0.481. The van der Waals surface area contributed by atoms with E-state index in [-0.39, 0.29) is 30.2 Å². The molecule has 0 radical (unpaired) electrons. The normalized spacial score (nSPS) is 18.4. The number of fused-ring (bicyclic) bond motifs is 1. The van der Waals surface area contributed by atoms with Crippen molar-refractivity contribution in [3.63, 3.8) is 0 Å². The Kier molecular flexibility index (Phi) is 8.34. The Bertz CT molecular complexity index is 1230. The van der Waals surface area contributed by atoms with E-state index in [1.54, 1.807) is 6.92 Å². The molecule has 1 atom stereocenters. The lowest BCUT2D eigenvalue weighted by molar-refractivity contribution is -0.189. The van der Waals surface area contributed by atoms with Gasteiger partial charge in [0.25, 0.3) is 0 Å². The zero-order valence-electron chi connectivity index (χ0n) is 21.6. The molecule has 2 aromatic carbocycles. The number of nitrogens with one attached hydrogen (secondary N) is 1. The first-order chi connectivity index (χ1) is 18.2. The minimum absolute atomic E-state index is 0.0510. The first-order valence-corrected chi connectivity index (χ1v) is 12.9. The first kappa shape index (κ1) is 29.0. The summed E-state index contributed by atoms with van der Waals surface area (Å²) in [6.45, 7) is 4.26. The largest absolute Gasteiger partial charge is 0.491 e. The Balaban J connectivity index is 1.35. The van der Waals surface area contributed by atoms with Crippen molar-refractivity contribution in [1.82, 2.24) is 4.90 Å². The summed E-state index contributed by atoms with van der Waals surface area (Å²) < 4.78 is 54.3. The number of ether oxygens (including phenoxy) is 3. The predicted octanol–water partition coefficient (Wildman–Crippen LogP) is 4.76. The molecule has 0 bridgehead atoms. The molecule has 1 amide bonds. The van der Waals surface area contributed by atoms with Gasteiger partial charge >= 0.3 is 12.1 Å². The van der Waals surface area contributed by atoms with Crippen LogP contribution in [0, 0.1) is 0 Å².